The summed E-state index contributed by atoms with van der Waals surface area (Å²) in [6, 6.07) is 3.52. The zero-order chi connectivity index (χ0) is 12.3. The third-order valence-corrected chi connectivity index (χ3v) is 2.90. The van der Waals surface area contributed by atoms with E-state index in [9.17, 15) is 0 Å². The van der Waals surface area contributed by atoms with Crippen LogP contribution in [-0.2, 0) is 12.8 Å². The normalized spacial score (nSPS) is 10.5. The SMILES string of the molecule is COc1c(Cl)cc(Cl)cc1CCc1cn[nH]n1. The Morgan fingerprint density at radius 1 is 1.29 bits per heavy atom. The molecule has 2 aromatic rings. The first-order valence-electron chi connectivity index (χ1n) is 5.07. The van der Waals surface area contributed by atoms with Crippen molar-refractivity contribution in [1.29, 1.82) is 0 Å². The summed E-state index contributed by atoms with van der Waals surface area (Å²) in [4.78, 5) is 0. The topological polar surface area (TPSA) is 50.8 Å². The van der Waals surface area contributed by atoms with Crippen molar-refractivity contribution >= 4 is 23.2 Å². The van der Waals surface area contributed by atoms with Crippen LogP contribution < -0.4 is 4.74 Å². The number of aromatic amines is 1. The van der Waals surface area contributed by atoms with E-state index < -0.39 is 0 Å². The van der Waals surface area contributed by atoms with Crippen LogP contribution in [0.2, 0.25) is 10.0 Å². The van der Waals surface area contributed by atoms with Crippen molar-refractivity contribution in [1.82, 2.24) is 15.4 Å². The number of rotatable bonds is 4. The van der Waals surface area contributed by atoms with Gasteiger partial charge in [0.05, 0.1) is 24.0 Å². The smallest absolute Gasteiger partial charge is 0.140 e. The number of nitrogens with zero attached hydrogens (tertiary/aromatic N) is 2. The van der Waals surface area contributed by atoms with E-state index in [0.717, 1.165) is 24.1 Å². The lowest BCUT2D eigenvalue weighted by Gasteiger charge is -2.10. The predicted octanol–water partition coefficient (Wildman–Crippen LogP) is 2.91. The Morgan fingerprint density at radius 2 is 2.12 bits per heavy atom. The molecule has 4 nitrogen and oxygen atoms in total. The predicted molar refractivity (Wildman–Crippen MR) is 66.8 cm³/mol. The van der Waals surface area contributed by atoms with Crippen LogP contribution in [0.3, 0.4) is 0 Å². The largest absolute Gasteiger partial charge is 0.495 e. The first-order valence-corrected chi connectivity index (χ1v) is 5.83. The average molecular weight is 272 g/mol. The van der Waals surface area contributed by atoms with Gasteiger partial charge in [-0.25, -0.2) is 0 Å². The summed E-state index contributed by atoms with van der Waals surface area (Å²) in [5.41, 5.74) is 1.86. The number of ether oxygens (including phenoxy) is 1. The molecule has 0 bridgehead atoms. The summed E-state index contributed by atoms with van der Waals surface area (Å²) >= 11 is 12.0. The Balaban J connectivity index is 2.19. The van der Waals surface area contributed by atoms with E-state index in [4.69, 9.17) is 27.9 Å². The lowest BCUT2D eigenvalue weighted by atomic mass is 10.1. The lowest BCUT2D eigenvalue weighted by molar-refractivity contribution is 0.410. The number of H-pyrrole nitrogens is 1. The summed E-state index contributed by atoms with van der Waals surface area (Å²) in [6.07, 6.45) is 3.19. The molecule has 0 saturated carbocycles. The molecular weight excluding hydrogens is 261 g/mol. The maximum absolute atomic E-state index is 6.05. The van der Waals surface area contributed by atoms with Crippen molar-refractivity contribution in [2.24, 2.45) is 0 Å². The minimum absolute atomic E-state index is 0.523. The molecule has 1 N–H and O–H groups in total. The Hall–Kier alpha value is -1.26. The van der Waals surface area contributed by atoms with Gasteiger partial charge in [-0.3, -0.25) is 0 Å². The number of hydrogen-bond acceptors (Lipinski definition) is 3. The lowest BCUT2D eigenvalue weighted by Crippen LogP contribution is -1.97. The molecule has 1 heterocycles. The maximum atomic E-state index is 6.05. The van der Waals surface area contributed by atoms with Crippen molar-refractivity contribution in [3.05, 3.63) is 39.6 Å². The van der Waals surface area contributed by atoms with Gasteiger partial charge in [0, 0.05) is 5.02 Å². The number of halogens is 2. The molecule has 17 heavy (non-hydrogen) atoms. The third kappa shape index (κ3) is 2.90. The van der Waals surface area contributed by atoms with Gasteiger partial charge in [0.25, 0.3) is 0 Å². The Morgan fingerprint density at radius 3 is 2.76 bits per heavy atom. The van der Waals surface area contributed by atoms with Gasteiger partial charge >= 0.3 is 0 Å². The Bertz CT molecular complexity index is 500. The molecule has 0 radical (unpaired) electrons. The highest BCUT2D eigenvalue weighted by Crippen LogP contribution is 2.32. The molecule has 0 spiro atoms. The van der Waals surface area contributed by atoms with Crippen LogP contribution in [0.25, 0.3) is 0 Å². The molecule has 90 valence electrons. The number of aromatic nitrogens is 3. The minimum atomic E-state index is 0.523. The molecule has 0 aliphatic heterocycles. The molecular formula is C11H11Cl2N3O. The second-order valence-corrected chi connectivity index (χ2v) is 4.38. The van der Waals surface area contributed by atoms with Gasteiger partial charge in [0.2, 0.25) is 0 Å². The fourth-order valence-corrected chi connectivity index (χ4v) is 2.25. The number of methoxy groups -OCH3 is 1. The molecule has 0 fully saturated rings. The van der Waals surface area contributed by atoms with Gasteiger partial charge in [-0.05, 0) is 30.5 Å². The first kappa shape index (κ1) is 12.2. The summed E-state index contributed by atoms with van der Waals surface area (Å²) < 4.78 is 5.27. The van der Waals surface area contributed by atoms with Gasteiger partial charge in [-0.2, -0.15) is 15.4 Å². The van der Waals surface area contributed by atoms with E-state index in [1.54, 1.807) is 19.4 Å². The quantitative estimate of drug-likeness (QED) is 0.931. The average Bonchev–Trinajstić information content (AvgIpc) is 2.78. The summed E-state index contributed by atoms with van der Waals surface area (Å²) in [5, 5.41) is 11.4. The second kappa shape index (κ2) is 5.38. The van der Waals surface area contributed by atoms with E-state index >= 15 is 0 Å². The van der Waals surface area contributed by atoms with Gasteiger partial charge in [0.15, 0.2) is 0 Å². The summed E-state index contributed by atoms with van der Waals surface area (Å²) in [6.45, 7) is 0. The van der Waals surface area contributed by atoms with Crippen LogP contribution in [0.5, 0.6) is 5.75 Å². The van der Waals surface area contributed by atoms with E-state index in [0.29, 0.717) is 15.8 Å². The molecule has 0 unspecified atom stereocenters. The van der Waals surface area contributed by atoms with E-state index in [1.165, 1.54) is 0 Å². The second-order valence-electron chi connectivity index (χ2n) is 3.54. The highest BCUT2D eigenvalue weighted by molar-refractivity contribution is 6.35. The Labute approximate surface area is 109 Å². The molecule has 0 atom stereocenters. The molecule has 0 aliphatic rings. The van der Waals surface area contributed by atoms with Crippen LogP contribution in [0.15, 0.2) is 18.3 Å². The van der Waals surface area contributed by atoms with Crippen molar-refractivity contribution in [3.63, 3.8) is 0 Å². The highest BCUT2D eigenvalue weighted by Gasteiger charge is 2.10. The standard InChI is InChI=1S/C11H11Cl2N3O/c1-17-11-7(4-8(12)5-10(11)13)2-3-9-6-14-16-15-9/h4-6H,2-3H2,1H3,(H,14,15,16). The van der Waals surface area contributed by atoms with E-state index in [-0.39, 0.29) is 0 Å². The molecule has 2 rings (SSSR count). The number of benzene rings is 1. The Kier molecular flexibility index (Phi) is 3.86. The zero-order valence-electron chi connectivity index (χ0n) is 9.20. The molecule has 0 amide bonds. The van der Waals surface area contributed by atoms with E-state index in [1.807, 2.05) is 6.07 Å². The number of aryl methyl sites for hydroxylation is 2. The van der Waals surface area contributed by atoms with Gasteiger partial charge < -0.3 is 4.74 Å². The van der Waals surface area contributed by atoms with E-state index in [2.05, 4.69) is 15.4 Å². The van der Waals surface area contributed by atoms with Crippen LogP contribution >= 0.6 is 23.2 Å². The van der Waals surface area contributed by atoms with Crippen LogP contribution in [-0.4, -0.2) is 22.5 Å². The third-order valence-electron chi connectivity index (χ3n) is 2.40. The van der Waals surface area contributed by atoms with Crippen molar-refractivity contribution in [2.45, 2.75) is 12.8 Å². The van der Waals surface area contributed by atoms with Gasteiger partial charge in [-0.15, -0.1) is 0 Å². The maximum Gasteiger partial charge on any atom is 0.140 e. The molecule has 6 heteroatoms. The van der Waals surface area contributed by atoms with Gasteiger partial charge in [0.1, 0.15) is 5.75 Å². The molecule has 1 aromatic carbocycles. The molecule has 0 aliphatic carbocycles. The van der Waals surface area contributed by atoms with Gasteiger partial charge in [-0.1, -0.05) is 23.2 Å². The number of hydrogen-bond donors (Lipinski definition) is 1. The molecule has 0 saturated heterocycles. The fraction of sp³-hybridized carbons (Fsp3) is 0.273. The summed E-state index contributed by atoms with van der Waals surface area (Å²) in [7, 11) is 1.59. The van der Waals surface area contributed by atoms with Crippen LogP contribution in [0, 0.1) is 0 Å². The zero-order valence-corrected chi connectivity index (χ0v) is 10.7. The summed E-state index contributed by atoms with van der Waals surface area (Å²) in [5.74, 6) is 0.666. The fourth-order valence-electron chi connectivity index (χ4n) is 1.64. The monoisotopic (exact) mass is 271 g/mol. The van der Waals surface area contributed by atoms with Crippen LogP contribution in [0.1, 0.15) is 11.3 Å². The minimum Gasteiger partial charge on any atom is -0.495 e. The first-order chi connectivity index (χ1) is 8.20. The molecule has 1 aromatic heterocycles. The van der Waals surface area contributed by atoms with Crippen molar-refractivity contribution < 1.29 is 4.74 Å². The highest BCUT2D eigenvalue weighted by atomic mass is 35.5. The number of nitrogens with one attached hydrogen (secondary N) is 1. The van der Waals surface area contributed by atoms with Crippen molar-refractivity contribution in [2.75, 3.05) is 7.11 Å². The van der Waals surface area contributed by atoms with Crippen molar-refractivity contribution in [3.8, 4) is 5.75 Å². The van der Waals surface area contributed by atoms with Crippen LogP contribution in [0.4, 0.5) is 0 Å².